The van der Waals surface area contributed by atoms with Crippen molar-refractivity contribution in [2.24, 2.45) is 0 Å². The van der Waals surface area contributed by atoms with Gasteiger partial charge in [-0.25, -0.2) is 4.98 Å². The molecule has 4 heteroatoms. The van der Waals surface area contributed by atoms with Gasteiger partial charge in [0.25, 0.3) is 0 Å². The summed E-state index contributed by atoms with van der Waals surface area (Å²) in [5.74, 6) is 0.691. The molecule has 1 heterocycles. The van der Waals surface area contributed by atoms with Crippen LogP contribution < -0.4 is 10.1 Å². The van der Waals surface area contributed by atoms with Crippen LogP contribution in [0.3, 0.4) is 0 Å². The molecule has 0 bridgehead atoms. The van der Waals surface area contributed by atoms with Crippen LogP contribution in [0.25, 0.3) is 0 Å². The molecule has 0 amide bonds. The minimum Gasteiger partial charge on any atom is -0.473 e. The predicted molar refractivity (Wildman–Crippen MR) is 84.7 cm³/mol. The number of hydrogen-bond donors (Lipinski definition) is 1. The van der Waals surface area contributed by atoms with E-state index in [1.807, 2.05) is 36.4 Å². The smallest absolute Gasteiger partial charge is 0.218 e. The van der Waals surface area contributed by atoms with Gasteiger partial charge in [-0.15, -0.1) is 0 Å². The van der Waals surface area contributed by atoms with Crippen molar-refractivity contribution in [1.82, 2.24) is 10.3 Å². The molecule has 2 rings (SSSR count). The van der Waals surface area contributed by atoms with Crippen molar-refractivity contribution in [2.45, 2.75) is 33.0 Å². The molecule has 0 radical (unpaired) electrons. The summed E-state index contributed by atoms with van der Waals surface area (Å²) in [6.07, 6.45) is 1.76. The summed E-state index contributed by atoms with van der Waals surface area (Å²) in [6, 6.07) is 12.5. The molecule has 3 nitrogen and oxygen atoms in total. The maximum Gasteiger partial charge on any atom is 0.218 e. The van der Waals surface area contributed by atoms with Crippen LogP contribution in [0.15, 0.2) is 47.1 Å². The summed E-state index contributed by atoms with van der Waals surface area (Å²) in [7, 11) is 0. The molecular formula is C16H19BrN2O. The monoisotopic (exact) mass is 334 g/mol. The highest BCUT2D eigenvalue weighted by molar-refractivity contribution is 9.10. The first-order chi connectivity index (χ1) is 9.66. The zero-order chi connectivity index (χ0) is 14.4. The molecule has 1 aromatic carbocycles. The second kappa shape index (κ2) is 7.41. The lowest BCUT2D eigenvalue weighted by atomic mass is 10.2. The summed E-state index contributed by atoms with van der Waals surface area (Å²) in [4.78, 5) is 4.32. The summed E-state index contributed by atoms with van der Waals surface area (Å²) < 4.78 is 6.91. The fraction of sp³-hybridized carbons (Fsp3) is 0.312. The third-order valence-corrected chi connectivity index (χ3v) is 3.65. The Hall–Kier alpha value is -1.39. The molecule has 0 atom stereocenters. The van der Waals surface area contributed by atoms with Crippen LogP contribution >= 0.6 is 15.9 Å². The highest BCUT2D eigenvalue weighted by Gasteiger charge is 2.06. The summed E-state index contributed by atoms with van der Waals surface area (Å²) >= 11 is 3.53. The normalized spacial score (nSPS) is 10.8. The first kappa shape index (κ1) is 15.0. The van der Waals surface area contributed by atoms with Crippen molar-refractivity contribution < 1.29 is 4.74 Å². The Morgan fingerprint density at radius 3 is 2.65 bits per heavy atom. The third-order valence-electron chi connectivity index (χ3n) is 2.87. The van der Waals surface area contributed by atoms with Gasteiger partial charge >= 0.3 is 0 Å². The van der Waals surface area contributed by atoms with Crippen molar-refractivity contribution in [3.05, 3.63) is 58.2 Å². The molecule has 0 aliphatic rings. The molecule has 0 aliphatic heterocycles. The van der Waals surface area contributed by atoms with Crippen molar-refractivity contribution in [3.8, 4) is 5.88 Å². The number of pyridine rings is 1. The quantitative estimate of drug-likeness (QED) is 0.869. The van der Waals surface area contributed by atoms with E-state index in [0.717, 1.165) is 22.1 Å². The maximum absolute atomic E-state index is 5.86. The predicted octanol–water partition coefficient (Wildman–Crippen LogP) is 3.92. The van der Waals surface area contributed by atoms with Crippen molar-refractivity contribution in [2.75, 3.05) is 0 Å². The molecule has 106 valence electrons. The van der Waals surface area contributed by atoms with E-state index in [4.69, 9.17) is 4.74 Å². The number of halogens is 1. The van der Waals surface area contributed by atoms with E-state index in [2.05, 4.69) is 40.1 Å². The van der Waals surface area contributed by atoms with Gasteiger partial charge in [-0.3, -0.25) is 0 Å². The van der Waals surface area contributed by atoms with Crippen LogP contribution in [0, 0.1) is 0 Å². The fourth-order valence-corrected chi connectivity index (χ4v) is 2.16. The number of hydrogen-bond acceptors (Lipinski definition) is 3. The fourth-order valence-electron chi connectivity index (χ4n) is 1.76. The first-order valence-corrected chi connectivity index (χ1v) is 7.49. The molecule has 2 aromatic rings. The van der Waals surface area contributed by atoms with Crippen LogP contribution in [0.5, 0.6) is 5.88 Å². The maximum atomic E-state index is 5.86. The van der Waals surface area contributed by atoms with Gasteiger partial charge in [-0.05, 0) is 12.1 Å². The van der Waals surface area contributed by atoms with E-state index in [0.29, 0.717) is 18.5 Å². The Labute approximate surface area is 128 Å². The van der Waals surface area contributed by atoms with Crippen LogP contribution in [0.4, 0.5) is 0 Å². The topological polar surface area (TPSA) is 34.2 Å². The highest BCUT2D eigenvalue weighted by atomic mass is 79.9. The molecule has 1 aromatic heterocycles. The largest absolute Gasteiger partial charge is 0.473 e. The van der Waals surface area contributed by atoms with E-state index in [1.165, 1.54) is 0 Å². The van der Waals surface area contributed by atoms with Gasteiger partial charge < -0.3 is 10.1 Å². The average molecular weight is 335 g/mol. The second-order valence-corrected chi connectivity index (χ2v) is 5.74. The van der Waals surface area contributed by atoms with E-state index in [9.17, 15) is 0 Å². The number of rotatable bonds is 6. The van der Waals surface area contributed by atoms with Gasteiger partial charge in [-0.2, -0.15) is 0 Å². The minimum atomic E-state index is 0.436. The molecule has 0 saturated carbocycles. The number of benzene rings is 1. The Morgan fingerprint density at radius 1 is 1.15 bits per heavy atom. The molecule has 0 spiro atoms. The highest BCUT2D eigenvalue weighted by Crippen LogP contribution is 2.20. The molecule has 20 heavy (non-hydrogen) atoms. The molecule has 0 unspecified atom stereocenters. The number of ether oxygens (including phenoxy) is 1. The van der Waals surface area contributed by atoms with Gasteiger partial charge in [0.15, 0.2) is 0 Å². The summed E-state index contributed by atoms with van der Waals surface area (Å²) in [5.41, 5.74) is 2.19. The Balaban J connectivity index is 2.04. The zero-order valence-corrected chi connectivity index (χ0v) is 13.4. The third kappa shape index (κ3) is 4.32. The number of aromatic nitrogens is 1. The Kier molecular flexibility index (Phi) is 5.56. The first-order valence-electron chi connectivity index (χ1n) is 6.70. The van der Waals surface area contributed by atoms with E-state index >= 15 is 0 Å². The summed E-state index contributed by atoms with van der Waals surface area (Å²) in [6.45, 7) is 5.51. The second-order valence-electron chi connectivity index (χ2n) is 4.88. The van der Waals surface area contributed by atoms with Crippen LogP contribution in [0.1, 0.15) is 25.0 Å². The molecule has 0 fully saturated rings. The van der Waals surface area contributed by atoms with Crippen molar-refractivity contribution in [1.29, 1.82) is 0 Å². The van der Waals surface area contributed by atoms with Crippen LogP contribution in [-0.4, -0.2) is 11.0 Å². The van der Waals surface area contributed by atoms with Crippen LogP contribution in [0.2, 0.25) is 0 Å². The van der Waals surface area contributed by atoms with Crippen molar-refractivity contribution in [3.63, 3.8) is 0 Å². The van der Waals surface area contributed by atoms with Gasteiger partial charge in [0.2, 0.25) is 5.88 Å². The molecule has 0 saturated heterocycles. The molecule has 0 aliphatic carbocycles. The lowest BCUT2D eigenvalue weighted by Gasteiger charge is -2.13. The average Bonchev–Trinajstić information content (AvgIpc) is 2.45. The van der Waals surface area contributed by atoms with Crippen molar-refractivity contribution >= 4 is 15.9 Å². The lowest BCUT2D eigenvalue weighted by molar-refractivity contribution is 0.288. The molecular weight excluding hydrogens is 316 g/mol. The van der Waals surface area contributed by atoms with E-state index < -0.39 is 0 Å². The Bertz CT molecular complexity index is 558. The minimum absolute atomic E-state index is 0.436. The van der Waals surface area contributed by atoms with Gasteiger partial charge in [-0.1, -0.05) is 54.0 Å². The SMILES string of the molecule is CC(C)NCc1cccnc1OCc1ccccc1Br. The number of nitrogens with zero attached hydrogens (tertiary/aromatic N) is 1. The number of nitrogens with one attached hydrogen (secondary N) is 1. The van der Waals surface area contributed by atoms with Crippen LogP contribution in [-0.2, 0) is 13.2 Å². The standard InChI is InChI=1S/C16H19BrN2O/c1-12(2)19-10-13-7-5-9-18-16(13)20-11-14-6-3-4-8-15(14)17/h3-9,12,19H,10-11H2,1-2H3. The lowest BCUT2D eigenvalue weighted by Crippen LogP contribution is -2.22. The summed E-state index contributed by atoms with van der Waals surface area (Å²) in [5, 5.41) is 3.38. The van der Waals surface area contributed by atoms with Gasteiger partial charge in [0.1, 0.15) is 6.61 Å². The molecule has 1 N–H and O–H groups in total. The van der Waals surface area contributed by atoms with Gasteiger partial charge in [0, 0.05) is 34.4 Å². The van der Waals surface area contributed by atoms with E-state index in [1.54, 1.807) is 6.20 Å². The van der Waals surface area contributed by atoms with E-state index in [-0.39, 0.29) is 0 Å². The Morgan fingerprint density at radius 2 is 1.90 bits per heavy atom. The zero-order valence-electron chi connectivity index (χ0n) is 11.8. The van der Waals surface area contributed by atoms with Gasteiger partial charge in [0.05, 0.1) is 0 Å².